The number of aromatic nitrogens is 1. The van der Waals surface area contributed by atoms with E-state index in [9.17, 15) is 4.79 Å². The number of nitrogens with zero attached hydrogens (tertiary/aromatic N) is 2. The van der Waals surface area contributed by atoms with Gasteiger partial charge in [0.2, 0.25) is 0 Å². The van der Waals surface area contributed by atoms with Gasteiger partial charge in [-0.2, -0.15) is 0 Å². The Labute approximate surface area is 133 Å². The summed E-state index contributed by atoms with van der Waals surface area (Å²) in [5.74, 6) is 0.715. The number of amides is 2. The van der Waals surface area contributed by atoms with E-state index in [1.54, 1.807) is 30.4 Å². The first kappa shape index (κ1) is 14.7. The lowest BCUT2D eigenvalue weighted by atomic mass is 10.1. The summed E-state index contributed by atoms with van der Waals surface area (Å²) < 4.78 is 5.58. The van der Waals surface area contributed by atoms with Crippen LogP contribution in [0.1, 0.15) is 11.1 Å². The van der Waals surface area contributed by atoms with E-state index in [1.165, 1.54) is 0 Å². The number of ether oxygens (including phenoxy) is 1. The first-order valence-corrected chi connectivity index (χ1v) is 7.37. The fourth-order valence-electron chi connectivity index (χ4n) is 2.41. The zero-order valence-corrected chi connectivity index (χ0v) is 12.9. The molecule has 5 nitrogen and oxygen atoms in total. The minimum Gasteiger partial charge on any atom is -0.491 e. The molecular formula is C16H16ClN3O2. The molecule has 1 N–H and O–H groups in total. The largest absolute Gasteiger partial charge is 0.491 e. The topological polar surface area (TPSA) is 54.5 Å². The number of rotatable bonds is 3. The molecular weight excluding hydrogens is 302 g/mol. The molecule has 0 aliphatic carbocycles. The second-order valence-electron chi connectivity index (χ2n) is 5.19. The highest BCUT2D eigenvalue weighted by molar-refractivity contribution is 6.31. The number of pyridine rings is 1. The van der Waals surface area contributed by atoms with Crippen LogP contribution in [-0.2, 0) is 13.0 Å². The van der Waals surface area contributed by atoms with Crippen molar-refractivity contribution in [1.29, 1.82) is 0 Å². The van der Waals surface area contributed by atoms with E-state index in [0.717, 1.165) is 17.5 Å². The molecule has 0 fully saturated rings. The molecule has 1 aromatic heterocycles. The fraction of sp³-hybridized carbons (Fsp3) is 0.250. The third-order valence-corrected chi connectivity index (χ3v) is 3.70. The van der Waals surface area contributed by atoms with E-state index in [-0.39, 0.29) is 6.03 Å². The Hall–Kier alpha value is -2.27. The second-order valence-corrected chi connectivity index (χ2v) is 5.62. The minimum absolute atomic E-state index is 0.219. The first-order chi connectivity index (χ1) is 10.6. The molecule has 0 unspecified atom stereocenters. The number of anilines is 1. The van der Waals surface area contributed by atoms with E-state index < -0.39 is 0 Å². The standard InChI is InChI=1S/C16H16ClN3O2/c1-20(10-11-3-2-5-18-9-11)16(21)19-14-8-13(17)7-12-4-6-22-15(12)14/h2-3,5,7-9H,4,6,10H2,1H3,(H,19,21). The molecule has 2 aromatic rings. The van der Waals surface area contributed by atoms with Crippen molar-refractivity contribution in [2.75, 3.05) is 19.0 Å². The van der Waals surface area contributed by atoms with Crippen LogP contribution in [0.15, 0.2) is 36.7 Å². The normalized spacial score (nSPS) is 12.5. The van der Waals surface area contributed by atoms with Crippen molar-refractivity contribution in [3.63, 3.8) is 0 Å². The van der Waals surface area contributed by atoms with Crippen molar-refractivity contribution in [2.45, 2.75) is 13.0 Å². The summed E-state index contributed by atoms with van der Waals surface area (Å²) in [6.07, 6.45) is 4.25. The van der Waals surface area contributed by atoms with Gasteiger partial charge in [-0.15, -0.1) is 0 Å². The molecule has 0 spiro atoms. The summed E-state index contributed by atoms with van der Waals surface area (Å²) in [5.41, 5.74) is 2.61. The zero-order valence-electron chi connectivity index (χ0n) is 12.2. The van der Waals surface area contributed by atoms with E-state index in [1.807, 2.05) is 18.2 Å². The highest BCUT2D eigenvalue weighted by atomic mass is 35.5. The molecule has 2 heterocycles. The van der Waals surface area contributed by atoms with E-state index in [0.29, 0.717) is 29.6 Å². The number of nitrogens with one attached hydrogen (secondary N) is 1. The molecule has 6 heteroatoms. The summed E-state index contributed by atoms with van der Waals surface area (Å²) in [6, 6.07) is 7.14. The molecule has 1 aliphatic heterocycles. The van der Waals surface area contributed by atoms with Gasteiger partial charge in [0.15, 0.2) is 0 Å². The van der Waals surface area contributed by atoms with Crippen LogP contribution in [0.25, 0.3) is 0 Å². The van der Waals surface area contributed by atoms with Crippen LogP contribution in [0.5, 0.6) is 5.75 Å². The van der Waals surface area contributed by atoms with Gasteiger partial charge in [-0.3, -0.25) is 4.98 Å². The van der Waals surface area contributed by atoms with Gasteiger partial charge in [0, 0.05) is 43.0 Å². The van der Waals surface area contributed by atoms with Gasteiger partial charge in [0.05, 0.1) is 12.3 Å². The summed E-state index contributed by atoms with van der Waals surface area (Å²) in [7, 11) is 1.73. The molecule has 1 aromatic carbocycles. The highest BCUT2D eigenvalue weighted by Crippen LogP contribution is 2.36. The number of urea groups is 1. The quantitative estimate of drug-likeness (QED) is 0.944. The molecule has 2 amide bonds. The fourth-order valence-corrected chi connectivity index (χ4v) is 2.65. The third kappa shape index (κ3) is 3.14. The zero-order chi connectivity index (χ0) is 15.5. The summed E-state index contributed by atoms with van der Waals surface area (Å²) in [4.78, 5) is 18.0. The number of benzene rings is 1. The smallest absolute Gasteiger partial charge is 0.321 e. The lowest BCUT2D eigenvalue weighted by Gasteiger charge is -2.19. The molecule has 0 atom stereocenters. The monoisotopic (exact) mass is 317 g/mol. The maximum atomic E-state index is 12.3. The molecule has 3 rings (SSSR count). The predicted octanol–water partition coefficient (Wildman–Crippen LogP) is 3.33. The van der Waals surface area contributed by atoms with Crippen LogP contribution in [-0.4, -0.2) is 29.6 Å². The Bertz CT molecular complexity index is 691. The summed E-state index contributed by atoms with van der Waals surface area (Å²) in [5, 5.41) is 3.45. The predicted molar refractivity (Wildman–Crippen MR) is 85.4 cm³/mol. The lowest BCUT2D eigenvalue weighted by Crippen LogP contribution is -2.31. The van der Waals surface area contributed by atoms with Crippen LogP contribution in [0.4, 0.5) is 10.5 Å². The lowest BCUT2D eigenvalue weighted by molar-refractivity contribution is 0.220. The average molecular weight is 318 g/mol. The van der Waals surface area contributed by atoms with Gasteiger partial charge < -0.3 is 15.0 Å². The van der Waals surface area contributed by atoms with Crippen molar-refractivity contribution in [2.24, 2.45) is 0 Å². The number of hydrogen-bond donors (Lipinski definition) is 1. The molecule has 22 heavy (non-hydrogen) atoms. The van der Waals surface area contributed by atoms with Gasteiger partial charge in [-0.1, -0.05) is 17.7 Å². The van der Waals surface area contributed by atoms with Gasteiger partial charge in [0.25, 0.3) is 0 Å². The van der Waals surface area contributed by atoms with Gasteiger partial charge in [0.1, 0.15) is 5.75 Å². The number of fused-ring (bicyclic) bond motifs is 1. The Morgan fingerprint density at radius 3 is 3.14 bits per heavy atom. The van der Waals surface area contributed by atoms with Crippen LogP contribution in [0.2, 0.25) is 5.02 Å². The van der Waals surface area contributed by atoms with Crippen molar-refractivity contribution < 1.29 is 9.53 Å². The van der Waals surface area contributed by atoms with Crippen LogP contribution in [0, 0.1) is 0 Å². The minimum atomic E-state index is -0.219. The Balaban J connectivity index is 1.72. The van der Waals surface area contributed by atoms with Crippen molar-refractivity contribution in [1.82, 2.24) is 9.88 Å². The molecule has 1 aliphatic rings. The van der Waals surface area contributed by atoms with E-state index in [4.69, 9.17) is 16.3 Å². The second kappa shape index (κ2) is 6.23. The van der Waals surface area contributed by atoms with E-state index >= 15 is 0 Å². The van der Waals surface area contributed by atoms with Crippen molar-refractivity contribution in [3.05, 3.63) is 52.8 Å². The molecule has 0 bridgehead atoms. The summed E-state index contributed by atoms with van der Waals surface area (Å²) in [6.45, 7) is 1.09. The van der Waals surface area contributed by atoms with Crippen molar-refractivity contribution >= 4 is 23.3 Å². The van der Waals surface area contributed by atoms with Crippen molar-refractivity contribution in [3.8, 4) is 5.75 Å². The maximum Gasteiger partial charge on any atom is 0.321 e. The van der Waals surface area contributed by atoms with E-state index in [2.05, 4.69) is 10.3 Å². The van der Waals surface area contributed by atoms with Gasteiger partial charge in [-0.25, -0.2) is 4.79 Å². The number of halogens is 1. The molecule has 0 radical (unpaired) electrons. The maximum absolute atomic E-state index is 12.3. The van der Waals surface area contributed by atoms with Crippen LogP contribution >= 0.6 is 11.6 Å². The third-order valence-electron chi connectivity index (χ3n) is 3.48. The number of carbonyl (C=O) groups is 1. The Morgan fingerprint density at radius 2 is 2.36 bits per heavy atom. The van der Waals surface area contributed by atoms with Gasteiger partial charge in [-0.05, 0) is 23.8 Å². The Morgan fingerprint density at radius 1 is 1.50 bits per heavy atom. The van der Waals surface area contributed by atoms with Crippen LogP contribution in [0.3, 0.4) is 0 Å². The van der Waals surface area contributed by atoms with Crippen LogP contribution < -0.4 is 10.1 Å². The molecule has 0 saturated heterocycles. The SMILES string of the molecule is CN(Cc1cccnc1)C(=O)Nc1cc(Cl)cc2c1OCC2. The number of carbonyl (C=O) groups excluding carboxylic acids is 1. The number of hydrogen-bond acceptors (Lipinski definition) is 3. The average Bonchev–Trinajstić information content (AvgIpc) is 2.96. The summed E-state index contributed by atoms with van der Waals surface area (Å²) >= 11 is 6.09. The molecule has 0 saturated carbocycles. The first-order valence-electron chi connectivity index (χ1n) is 7.00. The van der Waals surface area contributed by atoms with Gasteiger partial charge >= 0.3 is 6.03 Å². The molecule has 114 valence electrons. The highest BCUT2D eigenvalue weighted by Gasteiger charge is 2.20. The Kier molecular flexibility index (Phi) is 4.15.